The van der Waals surface area contributed by atoms with Crippen LogP contribution in [0.25, 0.3) is 0 Å². The molecule has 2 aromatic carbocycles. The van der Waals surface area contributed by atoms with Gasteiger partial charge in [0.2, 0.25) is 0 Å². The predicted molar refractivity (Wildman–Crippen MR) is 88.5 cm³/mol. The summed E-state index contributed by atoms with van der Waals surface area (Å²) in [6, 6.07) is 5.58. The highest BCUT2D eigenvalue weighted by molar-refractivity contribution is 6.00. The van der Waals surface area contributed by atoms with Crippen LogP contribution in [0.4, 0.5) is 37.7 Å². The summed E-state index contributed by atoms with van der Waals surface area (Å²) in [5, 5.41) is 0. The van der Waals surface area contributed by atoms with E-state index in [1.807, 2.05) is 0 Å². The minimum Gasteiger partial charge on any atom is -0.476 e. The maximum Gasteiger partial charge on any atom is 0.418 e. The minimum absolute atomic E-state index is 0.233. The van der Waals surface area contributed by atoms with Crippen molar-refractivity contribution in [2.75, 3.05) is 10.6 Å². The van der Waals surface area contributed by atoms with E-state index in [1.165, 1.54) is 25.1 Å². The third kappa shape index (κ3) is 3.46. The van der Waals surface area contributed by atoms with Crippen LogP contribution in [0.3, 0.4) is 0 Å². The molecule has 0 fully saturated rings. The van der Waals surface area contributed by atoms with Gasteiger partial charge in [0.1, 0.15) is 0 Å². The number of nitrogens with two attached hydrogens (primary N) is 1. The van der Waals surface area contributed by atoms with Gasteiger partial charge < -0.3 is 15.4 Å². The van der Waals surface area contributed by atoms with Gasteiger partial charge in [0.05, 0.1) is 23.5 Å². The summed E-state index contributed by atoms with van der Waals surface area (Å²) in [7, 11) is 0. The van der Waals surface area contributed by atoms with E-state index in [2.05, 4.69) is 0 Å². The zero-order valence-corrected chi connectivity index (χ0v) is 14.4. The van der Waals surface area contributed by atoms with Crippen molar-refractivity contribution < 1.29 is 35.9 Å². The molecule has 1 aliphatic heterocycles. The molecule has 0 aromatic heterocycles. The first kappa shape index (κ1) is 19.8. The quantitative estimate of drug-likeness (QED) is 0.597. The maximum atomic E-state index is 14.5. The molecule has 4 nitrogen and oxygen atoms in total. The SMILES string of the molecule is C[C@H]1Oc2c(cc(C(F)(F)F)c(N)c2F)N(Cc2cccc(C(F)F)c2)C1=O. The van der Waals surface area contributed by atoms with Crippen LogP contribution >= 0.6 is 0 Å². The number of benzene rings is 2. The Hall–Kier alpha value is -2.91. The average molecular weight is 404 g/mol. The minimum atomic E-state index is -4.96. The number of anilines is 2. The Kier molecular flexibility index (Phi) is 4.90. The van der Waals surface area contributed by atoms with Crippen LogP contribution in [0, 0.1) is 5.82 Å². The van der Waals surface area contributed by atoms with Crippen LogP contribution in [0.15, 0.2) is 30.3 Å². The van der Waals surface area contributed by atoms with E-state index in [4.69, 9.17) is 10.5 Å². The average Bonchev–Trinajstić information content (AvgIpc) is 2.61. The number of rotatable bonds is 3. The van der Waals surface area contributed by atoms with Gasteiger partial charge in [-0.25, -0.2) is 13.2 Å². The van der Waals surface area contributed by atoms with E-state index in [-0.39, 0.29) is 17.7 Å². The van der Waals surface area contributed by atoms with Gasteiger partial charge in [-0.05, 0) is 24.6 Å². The second-order valence-electron chi connectivity index (χ2n) is 6.23. The molecule has 150 valence electrons. The number of hydrogen-bond acceptors (Lipinski definition) is 3. The van der Waals surface area contributed by atoms with Gasteiger partial charge in [-0.3, -0.25) is 4.79 Å². The van der Waals surface area contributed by atoms with Crippen LogP contribution < -0.4 is 15.4 Å². The molecule has 0 bridgehead atoms. The van der Waals surface area contributed by atoms with Crippen LogP contribution in [-0.2, 0) is 17.5 Å². The Morgan fingerprint density at radius 2 is 1.93 bits per heavy atom. The zero-order valence-electron chi connectivity index (χ0n) is 14.4. The van der Waals surface area contributed by atoms with Gasteiger partial charge in [-0.2, -0.15) is 13.2 Å². The van der Waals surface area contributed by atoms with Crippen molar-refractivity contribution in [1.82, 2.24) is 0 Å². The lowest BCUT2D eigenvalue weighted by Crippen LogP contribution is -2.44. The first-order chi connectivity index (χ1) is 13.0. The second-order valence-corrected chi connectivity index (χ2v) is 6.23. The van der Waals surface area contributed by atoms with E-state index in [0.29, 0.717) is 6.07 Å². The first-order valence-electron chi connectivity index (χ1n) is 8.05. The number of amides is 1. The molecule has 1 aliphatic rings. The lowest BCUT2D eigenvalue weighted by Gasteiger charge is -2.34. The Balaban J connectivity index is 2.12. The summed E-state index contributed by atoms with van der Waals surface area (Å²) in [5.41, 5.74) is 2.11. The lowest BCUT2D eigenvalue weighted by atomic mass is 10.0. The molecule has 0 saturated heterocycles. The van der Waals surface area contributed by atoms with E-state index in [1.54, 1.807) is 0 Å². The summed E-state index contributed by atoms with van der Waals surface area (Å²) in [6.45, 7) is 0.946. The van der Waals surface area contributed by atoms with Gasteiger partial charge in [0, 0.05) is 5.56 Å². The van der Waals surface area contributed by atoms with E-state index in [0.717, 1.165) is 11.0 Å². The maximum absolute atomic E-state index is 14.5. The van der Waals surface area contributed by atoms with Crippen molar-refractivity contribution >= 4 is 17.3 Å². The molecule has 0 spiro atoms. The van der Waals surface area contributed by atoms with Crippen molar-refractivity contribution in [2.24, 2.45) is 0 Å². The fourth-order valence-electron chi connectivity index (χ4n) is 2.92. The standard InChI is InChI=1S/C18H14F6N2O2/c1-8-17(27)26(7-9-3-2-4-10(5-9)16(20)21)12-6-11(18(22,23)24)14(25)13(19)15(12)28-8/h2-6,8,16H,7,25H2,1H3/t8-/m1/s1. The third-order valence-electron chi connectivity index (χ3n) is 4.29. The van der Waals surface area contributed by atoms with Crippen molar-refractivity contribution in [2.45, 2.75) is 32.2 Å². The summed E-state index contributed by atoms with van der Waals surface area (Å²) in [4.78, 5) is 13.4. The van der Waals surface area contributed by atoms with Crippen molar-refractivity contribution in [1.29, 1.82) is 0 Å². The van der Waals surface area contributed by atoms with E-state index >= 15 is 0 Å². The number of alkyl halides is 5. The van der Waals surface area contributed by atoms with E-state index < -0.39 is 53.1 Å². The summed E-state index contributed by atoms with van der Waals surface area (Å²) in [5.74, 6) is -2.77. The van der Waals surface area contributed by atoms with Crippen LogP contribution in [0.5, 0.6) is 5.75 Å². The number of hydrogen-bond donors (Lipinski definition) is 1. The molecule has 2 aromatic rings. The van der Waals surface area contributed by atoms with Gasteiger partial charge in [0.25, 0.3) is 12.3 Å². The predicted octanol–water partition coefficient (Wildman–Crippen LogP) is 4.68. The zero-order chi connectivity index (χ0) is 20.8. The molecule has 1 heterocycles. The fourth-order valence-corrected chi connectivity index (χ4v) is 2.92. The smallest absolute Gasteiger partial charge is 0.418 e. The number of fused-ring (bicyclic) bond motifs is 1. The molecule has 3 rings (SSSR count). The summed E-state index contributed by atoms with van der Waals surface area (Å²) < 4.78 is 85.0. The molecule has 0 radical (unpaired) electrons. The number of carbonyl (C=O) groups is 1. The number of ether oxygens (including phenoxy) is 1. The molecule has 0 aliphatic carbocycles. The molecular weight excluding hydrogens is 390 g/mol. The Bertz CT molecular complexity index is 929. The summed E-state index contributed by atoms with van der Waals surface area (Å²) in [6.07, 6.45) is -8.93. The monoisotopic (exact) mass is 404 g/mol. The van der Waals surface area contributed by atoms with Gasteiger partial charge in [0.15, 0.2) is 17.7 Å². The van der Waals surface area contributed by atoms with Crippen LogP contribution in [-0.4, -0.2) is 12.0 Å². The first-order valence-corrected chi connectivity index (χ1v) is 8.05. The highest BCUT2D eigenvalue weighted by Gasteiger charge is 2.41. The number of nitrogens with zero attached hydrogens (tertiary/aromatic N) is 1. The Labute approximate surface area is 155 Å². The van der Waals surface area contributed by atoms with Crippen molar-refractivity contribution in [3.05, 3.63) is 52.8 Å². The molecule has 10 heteroatoms. The van der Waals surface area contributed by atoms with E-state index in [9.17, 15) is 31.1 Å². The van der Waals surface area contributed by atoms with Gasteiger partial charge >= 0.3 is 6.18 Å². The highest BCUT2D eigenvalue weighted by atomic mass is 19.4. The highest BCUT2D eigenvalue weighted by Crippen LogP contribution is 2.46. The van der Waals surface area contributed by atoms with Gasteiger partial charge in [-0.15, -0.1) is 0 Å². The number of halogens is 6. The molecule has 1 atom stereocenters. The molecule has 0 unspecified atom stereocenters. The molecule has 2 N–H and O–H groups in total. The number of carbonyl (C=O) groups excluding carboxylic acids is 1. The van der Waals surface area contributed by atoms with Crippen LogP contribution in [0.1, 0.15) is 30.0 Å². The molecule has 1 amide bonds. The molecule has 0 saturated carbocycles. The number of nitrogen functional groups attached to an aromatic ring is 1. The second kappa shape index (κ2) is 6.92. The van der Waals surface area contributed by atoms with Gasteiger partial charge in [-0.1, -0.05) is 18.2 Å². The lowest BCUT2D eigenvalue weighted by molar-refractivity contribution is -0.137. The third-order valence-corrected chi connectivity index (χ3v) is 4.29. The largest absolute Gasteiger partial charge is 0.476 e. The molecular formula is C18H14F6N2O2. The van der Waals surface area contributed by atoms with Crippen molar-refractivity contribution in [3.8, 4) is 5.75 Å². The van der Waals surface area contributed by atoms with Crippen LogP contribution in [0.2, 0.25) is 0 Å². The normalized spacial score (nSPS) is 16.9. The Morgan fingerprint density at radius 1 is 1.25 bits per heavy atom. The van der Waals surface area contributed by atoms with Crippen molar-refractivity contribution in [3.63, 3.8) is 0 Å². The topological polar surface area (TPSA) is 55.6 Å². The molecule has 28 heavy (non-hydrogen) atoms. The summed E-state index contributed by atoms with van der Waals surface area (Å²) >= 11 is 0. The fraction of sp³-hybridized carbons (Fsp3) is 0.278. The Morgan fingerprint density at radius 3 is 2.54 bits per heavy atom.